The number of aryl methyl sites for hydroxylation is 1. The fourth-order valence-corrected chi connectivity index (χ4v) is 5.39. The molecule has 0 spiro atoms. The molecule has 112 valence electrons. The van der Waals surface area contributed by atoms with E-state index in [9.17, 15) is 0 Å². The first-order valence-corrected chi connectivity index (χ1v) is 9.11. The van der Waals surface area contributed by atoms with Crippen molar-refractivity contribution in [2.75, 3.05) is 0 Å². The van der Waals surface area contributed by atoms with E-state index in [1.165, 1.54) is 38.5 Å². The SMILES string of the molecule is CC1CCC(C(NN)C2CCCc3sccc32)CC1C. The minimum absolute atomic E-state index is 0.471. The van der Waals surface area contributed by atoms with Gasteiger partial charge in [0, 0.05) is 16.8 Å². The Morgan fingerprint density at radius 2 is 2.10 bits per heavy atom. The zero-order chi connectivity index (χ0) is 14.1. The molecule has 0 amide bonds. The third-order valence-electron chi connectivity index (χ3n) is 5.87. The van der Waals surface area contributed by atoms with Gasteiger partial charge in [0.1, 0.15) is 0 Å². The molecule has 5 unspecified atom stereocenters. The predicted octanol–water partition coefficient (Wildman–Crippen LogP) is 4.07. The quantitative estimate of drug-likeness (QED) is 0.651. The van der Waals surface area contributed by atoms with Gasteiger partial charge in [-0.25, -0.2) is 0 Å². The minimum atomic E-state index is 0.471. The van der Waals surface area contributed by atoms with Gasteiger partial charge in [0.25, 0.3) is 0 Å². The molecular weight excluding hydrogens is 264 g/mol. The second kappa shape index (κ2) is 6.17. The smallest absolute Gasteiger partial charge is 0.0307 e. The van der Waals surface area contributed by atoms with Crippen LogP contribution in [0.3, 0.4) is 0 Å². The minimum Gasteiger partial charge on any atom is -0.271 e. The molecule has 1 aromatic heterocycles. The molecule has 2 aliphatic rings. The maximum absolute atomic E-state index is 5.99. The van der Waals surface area contributed by atoms with Crippen molar-refractivity contribution in [1.82, 2.24) is 5.43 Å². The molecule has 2 aliphatic carbocycles. The lowest BCUT2D eigenvalue weighted by atomic mass is 9.68. The van der Waals surface area contributed by atoms with Crippen molar-refractivity contribution in [2.24, 2.45) is 23.6 Å². The van der Waals surface area contributed by atoms with E-state index < -0.39 is 0 Å². The van der Waals surface area contributed by atoms with Crippen LogP contribution in [0.2, 0.25) is 0 Å². The van der Waals surface area contributed by atoms with Gasteiger partial charge in [-0.05, 0) is 66.9 Å². The molecule has 1 fully saturated rings. The molecule has 3 rings (SSSR count). The van der Waals surface area contributed by atoms with Gasteiger partial charge >= 0.3 is 0 Å². The lowest BCUT2D eigenvalue weighted by molar-refractivity contribution is 0.153. The van der Waals surface area contributed by atoms with Crippen LogP contribution in [0.1, 0.15) is 62.3 Å². The summed E-state index contributed by atoms with van der Waals surface area (Å²) in [7, 11) is 0. The van der Waals surface area contributed by atoms with Crippen LogP contribution in [-0.4, -0.2) is 6.04 Å². The second-order valence-corrected chi connectivity index (χ2v) is 8.02. The van der Waals surface area contributed by atoms with Gasteiger partial charge in [-0.15, -0.1) is 11.3 Å². The summed E-state index contributed by atoms with van der Waals surface area (Å²) in [6.07, 6.45) is 7.96. The van der Waals surface area contributed by atoms with Crippen molar-refractivity contribution in [3.05, 3.63) is 21.9 Å². The van der Waals surface area contributed by atoms with Crippen LogP contribution in [0, 0.1) is 17.8 Å². The summed E-state index contributed by atoms with van der Waals surface area (Å²) in [6.45, 7) is 4.82. The molecular formula is C17H28N2S. The van der Waals surface area contributed by atoms with E-state index in [0.717, 1.165) is 17.8 Å². The van der Waals surface area contributed by atoms with E-state index in [-0.39, 0.29) is 0 Å². The lowest BCUT2D eigenvalue weighted by Crippen LogP contribution is -2.47. The van der Waals surface area contributed by atoms with E-state index in [4.69, 9.17) is 5.84 Å². The highest BCUT2D eigenvalue weighted by molar-refractivity contribution is 7.10. The average molecular weight is 292 g/mol. The number of fused-ring (bicyclic) bond motifs is 1. The van der Waals surface area contributed by atoms with Gasteiger partial charge in [-0.3, -0.25) is 11.3 Å². The van der Waals surface area contributed by atoms with Crippen molar-refractivity contribution in [1.29, 1.82) is 0 Å². The molecule has 0 saturated heterocycles. The van der Waals surface area contributed by atoms with Crippen molar-refractivity contribution in [3.8, 4) is 0 Å². The standard InChI is InChI=1S/C17H28N2S/c1-11-6-7-13(10-12(11)2)17(19-18)15-4-3-5-16-14(15)8-9-20-16/h8-9,11-13,15,17,19H,3-7,10,18H2,1-2H3. The summed E-state index contributed by atoms with van der Waals surface area (Å²) in [5.74, 6) is 9.11. The Balaban J connectivity index is 1.78. The van der Waals surface area contributed by atoms with Gasteiger partial charge in [0.05, 0.1) is 0 Å². The molecule has 20 heavy (non-hydrogen) atoms. The zero-order valence-electron chi connectivity index (χ0n) is 12.8. The Morgan fingerprint density at radius 3 is 2.85 bits per heavy atom. The van der Waals surface area contributed by atoms with Crippen LogP contribution >= 0.6 is 11.3 Å². The molecule has 1 heterocycles. The molecule has 3 heteroatoms. The molecule has 0 radical (unpaired) electrons. The van der Waals surface area contributed by atoms with Crippen molar-refractivity contribution in [2.45, 2.75) is 64.3 Å². The van der Waals surface area contributed by atoms with Gasteiger partial charge in [0.15, 0.2) is 0 Å². The van der Waals surface area contributed by atoms with Crippen LogP contribution in [0.4, 0.5) is 0 Å². The topological polar surface area (TPSA) is 38.0 Å². The highest BCUT2D eigenvalue weighted by Crippen LogP contribution is 2.43. The third kappa shape index (κ3) is 2.68. The zero-order valence-corrected chi connectivity index (χ0v) is 13.6. The molecule has 1 aromatic rings. The van der Waals surface area contributed by atoms with E-state index in [1.807, 2.05) is 11.3 Å². The van der Waals surface area contributed by atoms with Gasteiger partial charge in [0.2, 0.25) is 0 Å². The highest BCUT2D eigenvalue weighted by Gasteiger charge is 2.36. The Labute approximate surface area is 127 Å². The largest absolute Gasteiger partial charge is 0.271 e. The van der Waals surface area contributed by atoms with Crippen molar-refractivity contribution in [3.63, 3.8) is 0 Å². The first-order valence-electron chi connectivity index (χ1n) is 8.23. The molecule has 0 aromatic carbocycles. The van der Waals surface area contributed by atoms with E-state index in [1.54, 1.807) is 10.4 Å². The summed E-state index contributed by atoms with van der Waals surface area (Å²) >= 11 is 1.94. The van der Waals surface area contributed by atoms with Crippen LogP contribution in [0.15, 0.2) is 11.4 Å². The van der Waals surface area contributed by atoms with Gasteiger partial charge < -0.3 is 0 Å². The molecule has 0 aliphatic heterocycles. The van der Waals surface area contributed by atoms with Gasteiger partial charge in [-0.2, -0.15) is 0 Å². The molecule has 2 nitrogen and oxygen atoms in total. The Morgan fingerprint density at radius 1 is 1.25 bits per heavy atom. The number of hydrogen-bond acceptors (Lipinski definition) is 3. The Hall–Kier alpha value is -0.380. The normalized spacial score (nSPS) is 35.5. The van der Waals surface area contributed by atoms with Crippen LogP contribution < -0.4 is 11.3 Å². The number of nitrogens with one attached hydrogen (secondary N) is 1. The van der Waals surface area contributed by atoms with E-state index >= 15 is 0 Å². The van der Waals surface area contributed by atoms with E-state index in [0.29, 0.717) is 12.0 Å². The molecule has 3 N–H and O–H groups in total. The van der Waals surface area contributed by atoms with E-state index in [2.05, 4.69) is 30.7 Å². The molecule has 5 atom stereocenters. The summed E-state index contributed by atoms with van der Waals surface area (Å²) < 4.78 is 0. The third-order valence-corrected chi connectivity index (χ3v) is 6.87. The van der Waals surface area contributed by atoms with Crippen molar-refractivity contribution < 1.29 is 0 Å². The molecule has 1 saturated carbocycles. The fraction of sp³-hybridized carbons (Fsp3) is 0.765. The first-order chi connectivity index (χ1) is 9.70. The number of nitrogens with two attached hydrogens (primary N) is 1. The van der Waals surface area contributed by atoms with Crippen LogP contribution in [0.25, 0.3) is 0 Å². The summed E-state index contributed by atoms with van der Waals surface area (Å²) in [6, 6.07) is 2.82. The summed E-state index contributed by atoms with van der Waals surface area (Å²) in [4.78, 5) is 1.61. The Bertz CT molecular complexity index is 442. The monoisotopic (exact) mass is 292 g/mol. The highest BCUT2D eigenvalue weighted by atomic mass is 32.1. The first kappa shape index (κ1) is 14.6. The molecule has 0 bridgehead atoms. The number of hydrogen-bond donors (Lipinski definition) is 2. The second-order valence-electron chi connectivity index (χ2n) is 7.02. The average Bonchev–Trinajstić information content (AvgIpc) is 2.93. The fourth-order valence-electron chi connectivity index (χ4n) is 4.39. The Kier molecular flexibility index (Phi) is 4.49. The maximum Gasteiger partial charge on any atom is 0.0307 e. The van der Waals surface area contributed by atoms with Crippen LogP contribution in [-0.2, 0) is 6.42 Å². The van der Waals surface area contributed by atoms with Gasteiger partial charge in [-0.1, -0.05) is 20.3 Å². The predicted molar refractivity (Wildman–Crippen MR) is 86.8 cm³/mol. The lowest BCUT2D eigenvalue weighted by Gasteiger charge is -2.41. The summed E-state index contributed by atoms with van der Waals surface area (Å²) in [5, 5.41) is 2.27. The number of hydrazine groups is 1. The number of rotatable bonds is 3. The van der Waals surface area contributed by atoms with Crippen LogP contribution in [0.5, 0.6) is 0 Å². The van der Waals surface area contributed by atoms with Crippen molar-refractivity contribution >= 4 is 11.3 Å². The maximum atomic E-state index is 5.99. The number of thiophene rings is 1. The summed E-state index contributed by atoms with van der Waals surface area (Å²) in [5.41, 5.74) is 4.81.